The smallest absolute Gasteiger partial charge is 0.304 e. The minimum atomic E-state index is -1.02. The molecule has 1 rings (SSSR count). The van der Waals surface area contributed by atoms with E-state index in [4.69, 9.17) is 21.8 Å². The molecule has 0 amide bonds. The van der Waals surface area contributed by atoms with Gasteiger partial charge in [-0.25, -0.2) is 0 Å². The third-order valence-electron chi connectivity index (χ3n) is 2.93. The molecule has 0 aliphatic carbocycles. The molecule has 0 heterocycles. The van der Waals surface area contributed by atoms with E-state index in [9.17, 15) is 9.59 Å². The summed E-state index contributed by atoms with van der Waals surface area (Å²) in [7, 11) is 1.74. The normalized spacial score (nSPS) is 12.4. The Morgan fingerprint density at radius 1 is 1.30 bits per heavy atom. The number of likely N-dealkylation sites (N-methyl/N-ethyl adjacent to an activating group) is 1. The Morgan fingerprint density at radius 2 is 1.90 bits per heavy atom. The SMILES string of the molecule is CN(CCO)CC(CC(=O)O)C(=O)c1ccc(Cl)cc1. The molecule has 0 spiro atoms. The van der Waals surface area contributed by atoms with Crippen molar-refractivity contribution in [1.82, 2.24) is 4.90 Å². The molecular weight excluding hydrogens is 282 g/mol. The van der Waals surface area contributed by atoms with Crippen LogP contribution in [0, 0.1) is 5.92 Å². The van der Waals surface area contributed by atoms with Gasteiger partial charge in [0, 0.05) is 29.6 Å². The Morgan fingerprint density at radius 3 is 2.40 bits per heavy atom. The molecule has 20 heavy (non-hydrogen) atoms. The van der Waals surface area contributed by atoms with Crippen molar-refractivity contribution in [1.29, 1.82) is 0 Å². The molecule has 110 valence electrons. The van der Waals surface area contributed by atoms with Crippen LogP contribution in [0.2, 0.25) is 5.02 Å². The number of hydrogen-bond acceptors (Lipinski definition) is 4. The molecule has 0 radical (unpaired) electrons. The highest BCUT2D eigenvalue weighted by Crippen LogP contribution is 2.16. The molecule has 0 bridgehead atoms. The Kier molecular flexibility index (Phi) is 6.64. The van der Waals surface area contributed by atoms with E-state index in [2.05, 4.69) is 0 Å². The van der Waals surface area contributed by atoms with Crippen molar-refractivity contribution in [3.63, 3.8) is 0 Å². The number of aliphatic hydroxyl groups is 1. The zero-order chi connectivity index (χ0) is 15.1. The summed E-state index contributed by atoms with van der Waals surface area (Å²) in [5.41, 5.74) is 0.443. The van der Waals surface area contributed by atoms with Gasteiger partial charge in [0.1, 0.15) is 0 Å². The van der Waals surface area contributed by atoms with Crippen LogP contribution < -0.4 is 0 Å². The number of hydrogen-bond donors (Lipinski definition) is 2. The molecule has 0 saturated carbocycles. The van der Waals surface area contributed by atoms with Gasteiger partial charge in [-0.2, -0.15) is 0 Å². The summed E-state index contributed by atoms with van der Waals surface area (Å²) in [4.78, 5) is 25.0. The lowest BCUT2D eigenvalue weighted by Gasteiger charge is -2.21. The van der Waals surface area contributed by atoms with Crippen molar-refractivity contribution >= 4 is 23.4 Å². The van der Waals surface area contributed by atoms with Gasteiger partial charge in [0.25, 0.3) is 0 Å². The van der Waals surface area contributed by atoms with E-state index >= 15 is 0 Å². The first-order valence-corrected chi connectivity index (χ1v) is 6.62. The van der Waals surface area contributed by atoms with Crippen molar-refractivity contribution in [2.24, 2.45) is 5.92 Å². The average Bonchev–Trinajstić information content (AvgIpc) is 2.38. The van der Waals surface area contributed by atoms with Gasteiger partial charge >= 0.3 is 5.97 Å². The predicted octanol–water partition coefficient (Wildman–Crippen LogP) is 1.54. The second-order valence-electron chi connectivity index (χ2n) is 4.65. The van der Waals surface area contributed by atoms with Crippen LogP contribution >= 0.6 is 11.6 Å². The summed E-state index contributed by atoms with van der Waals surface area (Å²) in [6, 6.07) is 6.38. The second kappa shape index (κ2) is 7.99. The Hall–Kier alpha value is -1.43. The van der Waals surface area contributed by atoms with E-state index in [0.29, 0.717) is 17.1 Å². The lowest BCUT2D eigenvalue weighted by molar-refractivity contribution is -0.137. The first-order chi connectivity index (χ1) is 9.43. The Balaban J connectivity index is 2.83. The summed E-state index contributed by atoms with van der Waals surface area (Å²) in [6.45, 7) is 0.643. The molecule has 0 saturated heterocycles. The maximum atomic E-state index is 12.3. The molecule has 0 aliphatic heterocycles. The standard InChI is InChI=1S/C14H18ClNO4/c1-16(6-7-17)9-11(8-13(18)19)14(20)10-2-4-12(15)5-3-10/h2-5,11,17H,6-9H2,1H3,(H,18,19). The van der Waals surface area contributed by atoms with Crippen LogP contribution in [0.15, 0.2) is 24.3 Å². The van der Waals surface area contributed by atoms with E-state index in [1.54, 1.807) is 36.2 Å². The molecule has 5 nitrogen and oxygen atoms in total. The van der Waals surface area contributed by atoms with Gasteiger partial charge in [0.15, 0.2) is 5.78 Å². The third-order valence-corrected chi connectivity index (χ3v) is 3.19. The number of benzene rings is 1. The summed E-state index contributed by atoms with van der Waals surface area (Å²) in [5, 5.41) is 18.3. The Bertz CT molecular complexity index is 461. The van der Waals surface area contributed by atoms with Gasteiger partial charge in [0.2, 0.25) is 0 Å². The molecule has 2 N–H and O–H groups in total. The van der Waals surface area contributed by atoms with Crippen LogP contribution in [0.5, 0.6) is 0 Å². The topological polar surface area (TPSA) is 77.8 Å². The lowest BCUT2D eigenvalue weighted by atomic mass is 9.94. The summed E-state index contributed by atoms with van der Waals surface area (Å²) in [6.07, 6.45) is -0.239. The zero-order valence-electron chi connectivity index (χ0n) is 11.3. The van der Waals surface area contributed by atoms with Gasteiger partial charge in [0.05, 0.1) is 13.0 Å². The van der Waals surface area contributed by atoms with E-state index in [-0.39, 0.29) is 25.4 Å². The van der Waals surface area contributed by atoms with E-state index in [1.807, 2.05) is 0 Å². The first-order valence-electron chi connectivity index (χ1n) is 6.25. The summed E-state index contributed by atoms with van der Waals surface area (Å²) in [5.74, 6) is -1.89. The molecule has 1 atom stereocenters. The number of carbonyl (C=O) groups excluding carboxylic acids is 1. The van der Waals surface area contributed by atoms with Crippen LogP contribution in [0.25, 0.3) is 0 Å². The van der Waals surface area contributed by atoms with Crippen LogP contribution in [0.4, 0.5) is 0 Å². The van der Waals surface area contributed by atoms with Gasteiger partial charge in [-0.15, -0.1) is 0 Å². The van der Waals surface area contributed by atoms with Crippen molar-refractivity contribution in [3.05, 3.63) is 34.9 Å². The largest absolute Gasteiger partial charge is 0.481 e. The fourth-order valence-corrected chi connectivity index (χ4v) is 2.07. The van der Waals surface area contributed by atoms with E-state index in [0.717, 1.165) is 0 Å². The summed E-state index contributed by atoms with van der Waals surface area (Å²) >= 11 is 5.76. The number of carboxylic acid groups (broad SMARTS) is 1. The molecule has 0 fully saturated rings. The monoisotopic (exact) mass is 299 g/mol. The number of aliphatic hydroxyl groups excluding tert-OH is 1. The summed E-state index contributed by atoms with van der Waals surface area (Å²) < 4.78 is 0. The zero-order valence-corrected chi connectivity index (χ0v) is 12.0. The van der Waals surface area contributed by atoms with Crippen molar-refractivity contribution in [3.8, 4) is 0 Å². The highest BCUT2D eigenvalue weighted by Gasteiger charge is 2.24. The Labute approximate surface area is 122 Å². The first kappa shape index (κ1) is 16.6. The number of rotatable bonds is 8. The van der Waals surface area contributed by atoms with Crippen LogP contribution in [-0.4, -0.2) is 53.6 Å². The van der Waals surface area contributed by atoms with Gasteiger partial charge < -0.3 is 15.1 Å². The predicted molar refractivity (Wildman–Crippen MR) is 76.1 cm³/mol. The molecule has 0 aliphatic rings. The van der Waals surface area contributed by atoms with Gasteiger partial charge in [-0.3, -0.25) is 9.59 Å². The van der Waals surface area contributed by atoms with Crippen molar-refractivity contribution in [2.45, 2.75) is 6.42 Å². The van der Waals surface area contributed by atoms with E-state index in [1.165, 1.54) is 0 Å². The van der Waals surface area contributed by atoms with Crippen LogP contribution in [0.3, 0.4) is 0 Å². The molecule has 0 aromatic heterocycles. The number of carboxylic acids is 1. The number of halogens is 1. The number of Topliss-reactive ketones (excluding diaryl/α,β-unsaturated/α-hetero) is 1. The maximum absolute atomic E-state index is 12.3. The maximum Gasteiger partial charge on any atom is 0.304 e. The average molecular weight is 300 g/mol. The molecular formula is C14H18ClNO4. The fraction of sp³-hybridized carbons (Fsp3) is 0.429. The minimum absolute atomic E-state index is 0.0363. The molecule has 6 heteroatoms. The highest BCUT2D eigenvalue weighted by molar-refractivity contribution is 6.30. The van der Waals surface area contributed by atoms with Gasteiger partial charge in [-0.1, -0.05) is 11.6 Å². The van der Waals surface area contributed by atoms with Crippen LogP contribution in [-0.2, 0) is 4.79 Å². The third kappa shape index (κ3) is 5.28. The quantitative estimate of drug-likeness (QED) is 0.712. The second-order valence-corrected chi connectivity index (χ2v) is 5.09. The molecule has 1 unspecified atom stereocenters. The van der Waals surface area contributed by atoms with Gasteiger partial charge in [-0.05, 0) is 31.3 Å². The van der Waals surface area contributed by atoms with Crippen LogP contribution in [0.1, 0.15) is 16.8 Å². The molecule has 1 aromatic rings. The lowest BCUT2D eigenvalue weighted by Crippen LogP contribution is -2.33. The van der Waals surface area contributed by atoms with Crippen molar-refractivity contribution < 1.29 is 19.8 Å². The highest BCUT2D eigenvalue weighted by atomic mass is 35.5. The minimum Gasteiger partial charge on any atom is -0.481 e. The van der Waals surface area contributed by atoms with Crippen molar-refractivity contribution in [2.75, 3.05) is 26.7 Å². The number of carbonyl (C=O) groups is 2. The number of nitrogens with zero attached hydrogens (tertiary/aromatic N) is 1. The fourth-order valence-electron chi connectivity index (χ4n) is 1.94. The van der Waals surface area contributed by atoms with E-state index < -0.39 is 11.9 Å². The number of ketones is 1. The number of aliphatic carboxylic acids is 1. The molecule has 1 aromatic carbocycles.